The zero-order valence-corrected chi connectivity index (χ0v) is 8.94. The molecule has 1 heterocycles. The van der Waals surface area contributed by atoms with Gasteiger partial charge in [-0.25, -0.2) is 9.78 Å². The number of amides is 1. The van der Waals surface area contributed by atoms with E-state index in [0.717, 1.165) is 0 Å². The first kappa shape index (κ1) is 10.0. The van der Waals surface area contributed by atoms with Gasteiger partial charge in [0, 0.05) is 6.07 Å². The Balaban J connectivity index is 2.91. The van der Waals surface area contributed by atoms with Crippen LogP contribution in [0.2, 0.25) is 0 Å². The lowest BCUT2D eigenvalue weighted by Crippen LogP contribution is -2.17. The molecule has 1 aromatic rings. The number of pyridine rings is 1. The van der Waals surface area contributed by atoms with Gasteiger partial charge in [0.25, 0.3) is 0 Å². The molecule has 1 rings (SSSR count). The van der Waals surface area contributed by atoms with Crippen molar-refractivity contribution < 1.29 is 14.3 Å². The van der Waals surface area contributed by atoms with Crippen LogP contribution >= 0.6 is 22.6 Å². The van der Waals surface area contributed by atoms with Crippen LogP contribution in [-0.2, 0) is 0 Å². The molecule has 0 aromatic carbocycles. The van der Waals surface area contributed by atoms with Crippen LogP contribution in [0.1, 0.15) is 0 Å². The van der Waals surface area contributed by atoms with Gasteiger partial charge >= 0.3 is 6.09 Å². The van der Waals surface area contributed by atoms with Gasteiger partial charge < -0.3 is 15.2 Å². The van der Waals surface area contributed by atoms with Crippen LogP contribution in [0.25, 0.3) is 0 Å². The topological polar surface area (TPSA) is 74.4 Å². The van der Waals surface area contributed by atoms with E-state index in [9.17, 15) is 4.79 Å². The molecule has 1 aromatic heterocycles. The molecule has 0 bridgehead atoms. The summed E-state index contributed by atoms with van der Waals surface area (Å²) in [5.74, 6) is 0.787. The molecule has 0 radical (unpaired) electrons. The summed E-state index contributed by atoms with van der Waals surface area (Å²) >= 11 is 1.99. The molecule has 0 saturated carbocycles. The van der Waals surface area contributed by atoms with Crippen molar-refractivity contribution in [1.29, 1.82) is 0 Å². The molecule has 0 spiro atoms. The first-order valence-electron chi connectivity index (χ1n) is 3.30. The molecule has 70 valence electrons. The van der Waals surface area contributed by atoms with Crippen molar-refractivity contribution in [3.8, 4) is 11.6 Å². The summed E-state index contributed by atoms with van der Waals surface area (Å²) in [5.41, 5.74) is 4.84. The molecule has 2 N–H and O–H groups in total. The maximum Gasteiger partial charge on any atom is 0.410 e. The Labute approximate surface area is 88.4 Å². The van der Waals surface area contributed by atoms with Crippen LogP contribution in [0.5, 0.6) is 11.6 Å². The number of nitrogens with zero attached hydrogens (tertiary/aromatic N) is 1. The van der Waals surface area contributed by atoms with Crippen molar-refractivity contribution in [2.24, 2.45) is 5.73 Å². The number of hydrogen-bond donors (Lipinski definition) is 1. The lowest BCUT2D eigenvalue weighted by molar-refractivity contribution is 0.210. The summed E-state index contributed by atoms with van der Waals surface area (Å²) in [6.07, 6.45) is 0.524. The number of methoxy groups -OCH3 is 1. The molecule has 13 heavy (non-hydrogen) atoms. The average Bonchev–Trinajstić information content (AvgIpc) is 2.08. The van der Waals surface area contributed by atoms with E-state index in [0.29, 0.717) is 15.2 Å². The molecule has 5 nitrogen and oxygen atoms in total. The molecular formula is C7H7IN2O3. The van der Waals surface area contributed by atoms with Crippen LogP contribution in [-0.4, -0.2) is 18.2 Å². The zero-order valence-electron chi connectivity index (χ0n) is 6.78. The fourth-order valence-electron chi connectivity index (χ4n) is 0.696. The molecule has 0 aliphatic heterocycles. The SMILES string of the molecule is COc1cc(I)c(OC(N)=O)cn1. The molecule has 1 amide bonds. The summed E-state index contributed by atoms with van der Waals surface area (Å²) in [4.78, 5) is 14.3. The third kappa shape index (κ3) is 2.72. The number of aromatic nitrogens is 1. The maximum atomic E-state index is 10.4. The zero-order chi connectivity index (χ0) is 9.84. The number of nitrogens with two attached hydrogens (primary N) is 1. The highest BCUT2D eigenvalue weighted by Crippen LogP contribution is 2.22. The van der Waals surface area contributed by atoms with Crippen LogP contribution < -0.4 is 15.2 Å². The second kappa shape index (κ2) is 4.26. The van der Waals surface area contributed by atoms with Crippen molar-refractivity contribution in [2.75, 3.05) is 7.11 Å². The normalized spacial score (nSPS) is 9.38. The Morgan fingerprint density at radius 1 is 1.69 bits per heavy atom. The third-order valence-electron chi connectivity index (χ3n) is 1.21. The number of carbonyl (C=O) groups is 1. The van der Waals surface area contributed by atoms with Crippen LogP contribution in [0.4, 0.5) is 4.79 Å². The number of rotatable bonds is 2. The van der Waals surface area contributed by atoms with Crippen molar-refractivity contribution in [3.05, 3.63) is 15.8 Å². The summed E-state index contributed by atoms with van der Waals surface area (Å²) in [5, 5.41) is 0. The number of primary amides is 1. The standard InChI is InChI=1S/C7H7IN2O3/c1-12-6-2-4(8)5(3-10-6)13-7(9)11/h2-3H,1H3,(H2,9,11). The summed E-state index contributed by atoms with van der Waals surface area (Å²) in [7, 11) is 1.51. The minimum Gasteiger partial charge on any atom is -0.481 e. The Morgan fingerprint density at radius 2 is 2.38 bits per heavy atom. The summed E-state index contributed by atoms with van der Waals surface area (Å²) < 4.78 is 10.2. The Hall–Kier alpha value is -1.05. The summed E-state index contributed by atoms with van der Waals surface area (Å²) in [6, 6.07) is 1.64. The van der Waals surface area contributed by atoms with E-state index in [1.807, 2.05) is 22.6 Å². The first-order valence-corrected chi connectivity index (χ1v) is 4.38. The predicted molar refractivity (Wildman–Crippen MR) is 53.7 cm³/mol. The molecule has 0 aliphatic rings. The van der Waals surface area contributed by atoms with Crippen LogP contribution in [0.15, 0.2) is 12.3 Å². The highest BCUT2D eigenvalue weighted by molar-refractivity contribution is 14.1. The van der Waals surface area contributed by atoms with Gasteiger partial charge in [-0.05, 0) is 22.6 Å². The molecule has 0 aliphatic carbocycles. The van der Waals surface area contributed by atoms with E-state index >= 15 is 0 Å². The van der Waals surface area contributed by atoms with Crippen molar-refractivity contribution in [1.82, 2.24) is 4.98 Å². The van der Waals surface area contributed by atoms with Crippen molar-refractivity contribution in [2.45, 2.75) is 0 Å². The van der Waals surface area contributed by atoms with E-state index < -0.39 is 6.09 Å². The van der Waals surface area contributed by atoms with Gasteiger partial charge in [0.1, 0.15) is 0 Å². The van der Waals surface area contributed by atoms with Crippen molar-refractivity contribution in [3.63, 3.8) is 0 Å². The minimum atomic E-state index is -0.857. The highest BCUT2D eigenvalue weighted by atomic mass is 127. The van der Waals surface area contributed by atoms with Gasteiger partial charge in [0.05, 0.1) is 16.9 Å². The molecular weight excluding hydrogens is 287 g/mol. The van der Waals surface area contributed by atoms with Crippen molar-refractivity contribution >= 4 is 28.7 Å². The Morgan fingerprint density at radius 3 is 2.85 bits per heavy atom. The fraction of sp³-hybridized carbons (Fsp3) is 0.143. The molecule has 0 fully saturated rings. The second-order valence-electron chi connectivity index (χ2n) is 2.08. The molecule has 6 heteroatoms. The molecule has 0 atom stereocenters. The highest BCUT2D eigenvalue weighted by Gasteiger charge is 2.06. The van der Waals surface area contributed by atoms with E-state index in [1.165, 1.54) is 13.3 Å². The summed E-state index contributed by atoms with van der Waals surface area (Å²) in [6.45, 7) is 0. The molecule has 0 unspecified atom stereocenters. The predicted octanol–water partition coefficient (Wildman–Crippen LogP) is 1.15. The van der Waals surface area contributed by atoms with Gasteiger partial charge in [-0.3, -0.25) is 0 Å². The van der Waals surface area contributed by atoms with Crippen LogP contribution in [0.3, 0.4) is 0 Å². The minimum absolute atomic E-state index is 0.328. The monoisotopic (exact) mass is 294 g/mol. The maximum absolute atomic E-state index is 10.4. The van der Waals surface area contributed by atoms with Crippen LogP contribution in [0, 0.1) is 3.57 Å². The Kier molecular flexibility index (Phi) is 3.29. The fourth-order valence-corrected chi connectivity index (χ4v) is 1.21. The van der Waals surface area contributed by atoms with E-state index in [-0.39, 0.29) is 0 Å². The van der Waals surface area contributed by atoms with E-state index in [2.05, 4.69) is 9.72 Å². The van der Waals surface area contributed by atoms with Gasteiger partial charge in [0.15, 0.2) is 5.75 Å². The largest absolute Gasteiger partial charge is 0.481 e. The number of carbonyl (C=O) groups excluding carboxylic acids is 1. The number of ether oxygens (including phenoxy) is 2. The number of hydrogen-bond acceptors (Lipinski definition) is 4. The van der Waals surface area contributed by atoms with E-state index in [4.69, 9.17) is 10.5 Å². The van der Waals surface area contributed by atoms with E-state index in [1.54, 1.807) is 6.07 Å². The molecule has 0 saturated heterocycles. The van der Waals surface area contributed by atoms with Gasteiger partial charge in [-0.2, -0.15) is 0 Å². The van der Waals surface area contributed by atoms with Gasteiger partial charge in [0.2, 0.25) is 5.88 Å². The average molecular weight is 294 g/mol. The lowest BCUT2D eigenvalue weighted by Gasteiger charge is -2.04. The smallest absolute Gasteiger partial charge is 0.410 e. The second-order valence-corrected chi connectivity index (χ2v) is 3.24. The lowest BCUT2D eigenvalue weighted by atomic mass is 10.4. The number of halogens is 1. The Bertz CT molecular complexity index is 330. The quantitative estimate of drug-likeness (QED) is 0.830. The van der Waals surface area contributed by atoms with Gasteiger partial charge in [-0.15, -0.1) is 0 Å². The first-order chi connectivity index (χ1) is 6.13. The third-order valence-corrected chi connectivity index (χ3v) is 2.06. The van der Waals surface area contributed by atoms with Gasteiger partial charge in [-0.1, -0.05) is 0 Å².